The van der Waals surface area contributed by atoms with Crippen LogP contribution in [-0.2, 0) is 0 Å². The molecule has 2 aromatic rings. The van der Waals surface area contributed by atoms with Crippen LogP contribution in [0.4, 0.5) is 8.78 Å². The van der Waals surface area contributed by atoms with Crippen LogP contribution in [0, 0.1) is 6.92 Å². The molecule has 0 aliphatic heterocycles. The Balaban J connectivity index is 2.90. The molecule has 1 aromatic heterocycles. The lowest BCUT2D eigenvalue weighted by molar-refractivity contribution is 0.146. The second-order valence-electron chi connectivity index (χ2n) is 3.54. The summed E-state index contributed by atoms with van der Waals surface area (Å²) in [5.41, 5.74) is 0.507. The molecule has 0 amide bonds. The third kappa shape index (κ3) is 2.19. The first kappa shape index (κ1) is 12.8. The van der Waals surface area contributed by atoms with Crippen LogP contribution in [0.15, 0.2) is 12.1 Å². The van der Waals surface area contributed by atoms with Crippen LogP contribution in [0.2, 0.25) is 15.1 Å². The molecule has 0 saturated carbocycles. The summed E-state index contributed by atoms with van der Waals surface area (Å²) in [5.74, 6) is 0. The molecule has 1 aromatic carbocycles. The Morgan fingerprint density at radius 2 is 1.76 bits per heavy atom. The molecule has 1 nitrogen and oxygen atoms in total. The van der Waals surface area contributed by atoms with E-state index < -0.39 is 12.1 Å². The van der Waals surface area contributed by atoms with Crippen molar-refractivity contribution >= 4 is 45.7 Å². The topological polar surface area (TPSA) is 12.9 Å². The molecule has 0 bridgehead atoms. The van der Waals surface area contributed by atoms with Crippen molar-refractivity contribution in [3.63, 3.8) is 0 Å². The van der Waals surface area contributed by atoms with Crippen LogP contribution in [0.3, 0.4) is 0 Å². The predicted octanol–water partition coefficient (Wildman–Crippen LogP) is 5.44. The van der Waals surface area contributed by atoms with Gasteiger partial charge in [0.25, 0.3) is 6.43 Å². The van der Waals surface area contributed by atoms with Crippen molar-refractivity contribution in [2.45, 2.75) is 13.3 Å². The van der Waals surface area contributed by atoms with E-state index in [0.29, 0.717) is 10.4 Å². The number of halogens is 5. The molecule has 0 N–H and O–H groups in total. The quantitative estimate of drug-likeness (QED) is 0.682. The molecule has 0 aliphatic rings. The maximum atomic E-state index is 12.6. The van der Waals surface area contributed by atoms with E-state index in [1.54, 1.807) is 13.0 Å². The normalized spacial score (nSPS) is 11.5. The van der Waals surface area contributed by atoms with Gasteiger partial charge in [-0.2, -0.15) is 0 Å². The standard InChI is InChI=1S/C11H6Cl3F2N/c1-4-2-6(13)10-8(9(4)14)5(12)3-7(17-10)11(15)16/h2-3,11H,1H3. The van der Waals surface area contributed by atoms with E-state index in [1.165, 1.54) is 0 Å². The molecule has 2 rings (SSSR count). The number of hydrogen-bond donors (Lipinski definition) is 0. The van der Waals surface area contributed by atoms with Crippen molar-refractivity contribution in [2.75, 3.05) is 0 Å². The average molecular weight is 297 g/mol. The Hall–Kier alpha value is -0.640. The summed E-state index contributed by atoms with van der Waals surface area (Å²) in [6.07, 6.45) is -2.70. The van der Waals surface area contributed by atoms with Crippen LogP contribution in [0.5, 0.6) is 0 Å². The molecular weight excluding hydrogens is 290 g/mol. The number of pyridine rings is 1. The van der Waals surface area contributed by atoms with Gasteiger partial charge in [-0.3, -0.25) is 0 Å². The van der Waals surface area contributed by atoms with Crippen LogP contribution in [-0.4, -0.2) is 4.98 Å². The Kier molecular flexibility index (Phi) is 3.43. The number of aryl methyl sites for hydroxylation is 1. The lowest BCUT2D eigenvalue weighted by Crippen LogP contribution is -1.94. The lowest BCUT2D eigenvalue weighted by atomic mass is 10.1. The number of rotatable bonds is 1. The van der Waals surface area contributed by atoms with Crippen LogP contribution in [0.25, 0.3) is 10.9 Å². The summed E-state index contributed by atoms with van der Waals surface area (Å²) in [6, 6.07) is 2.68. The molecule has 0 saturated heterocycles. The molecule has 1 heterocycles. The fourth-order valence-electron chi connectivity index (χ4n) is 1.54. The zero-order chi connectivity index (χ0) is 12.7. The van der Waals surface area contributed by atoms with Crippen molar-refractivity contribution in [1.29, 1.82) is 0 Å². The van der Waals surface area contributed by atoms with Gasteiger partial charge in [-0.25, -0.2) is 13.8 Å². The van der Waals surface area contributed by atoms with Gasteiger partial charge in [0.15, 0.2) is 0 Å². The van der Waals surface area contributed by atoms with E-state index in [4.69, 9.17) is 34.8 Å². The van der Waals surface area contributed by atoms with Crippen molar-refractivity contribution in [3.8, 4) is 0 Å². The average Bonchev–Trinajstić information content (AvgIpc) is 2.25. The number of nitrogens with zero attached hydrogens (tertiary/aromatic N) is 1. The summed E-state index contributed by atoms with van der Waals surface area (Å²) in [4.78, 5) is 3.79. The number of alkyl halides is 2. The van der Waals surface area contributed by atoms with Crippen molar-refractivity contribution in [1.82, 2.24) is 4.98 Å². The van der Waals surface area contributed by atoms with E-state index in [-0.39, 0.29) is 15.6 Å². The van der Waals surface area contributed by atoms with Gasteiger partial charge in [-0.05, 0) is 24.6 Å². The highest BCUT2D eigenvalue weighted by atomic mass is 35.5. The molecule has 17 heavy (non-hydrogen) atoms. The van der Waals surface area contributed by atoms with Gasteiger partial charge >= 0.3 is 0 Å². The highest BCUT2D eigenvalue weighted by Crippen LogP contribution is 2.37. The minimum atomic E-state index is -2.70. The molecule has 0 radical (unpaired) electrons. The first-order valence-electron chi connectivity index (χ1n) is 4.64. The van der Waals surface area contributed by atoms with Gasteiger partial charge in [0.1, 0.15) is 5.69 Å². The largest absolute Gasteiger partial charge is 0.280 e. The summed E-state index contributed by atoms with van der Waals surface area (Å²) in [6.45, 7) is 1.75. The fourth-order valence-corrected chi connectivity index (χ4v) is 2.44. The number of aromatic nitrogens is 1. The second-order valence-corrected chi connectivity index (χ2v) is 4.73. The van der Waals surface area contributed by atoms with Crippen molar-refractivity contribution < 1.29 is 8.78 Å². The van der Waals surface area contributed by atoms with Crippen LogP contribution >= 0.6 is 34.8 Å². The number of hydrogen-bond acceptors (Lipinski definition) is 1. The second kappa shape index (κ2) is 4.56. The van der Waals surface area contributed by atoms with Gasteiger partial charge in [0.2, 0.25) is 0 Å². The lowest BCUT2D eigenvalue weighted by Gasteiger charge is -2.09. The van der Waals surface area contributed by atoms with E-state index >= 15 is 0 Å². The SMILES string of the molecule is Cc1cc(Cl)c2nc(C(F)F)cc(Cl)c2c1Cl. The summed E-state index contributed by atoms with van der Waals surface area (Å²) in [5, 5.41) is 1.16. The maximum Gasteiger partial charge on any atom is 0.280 e. The summed E-state index contributed by atoms with van der Waals surface area (Å²) < 4.78 is 25.2. The monoisotopic (exact) mass is 295 g/mol. The first-order valence-corrected chi connectivity index (χ1v) is 5.78. The first-order chi connectivity index (χ1) is 7.91. The maximum absolute atomic E-state index is 12.6. The van der Waals surface area contributed by atoms with Gasteiger partial charge < -0.3 is 0 Å². The van der Waals surface area contributed by atoms with Crippen molar-refractivity contribution in [3.05, 3.63) is 38.5 Å². The zero-order valence-electron chi connectivity index (χ0n) is 8.57. The van der Waals surface area contributed by atoms with Gasteiger partial charge in [0.05, 0.1) is 20.6 Å². The third-order valence-electron chi connectivity index (χ3n) is 2.35. The van der Waals surface area contributed by atoms with E-state index in [2.05, 4.69) is 4.98 Å². The Morgan fingerprint density at radius 3 is 2.35 bits per heavy atom. The van der Waals surface area contributed by atoms with E-state index in [9.17, 15) is 8.78 Å². The summed E-state index contributed by atoms with van der Waals surface area (Å²) >= 11 is 18.0. The molecule has 0 atom stereocenters. The fraction of sp³-hybridized carbons (Fsp3) is 0.182. The highest BCUT2D eigenvalue weighted by molar-refractivity contribution is 6.45. The molecule has 6 heteroatoms. The predicted molar refractivity (Wildman–Crippen MR) is 66.5 cm³/mol. The Morgan fingerprint density at radius 1 is 1.12 bits per heavy atom. The smallest absolute Gasteiger partial charge is 0.245 e. The minimum Gasteiger partial charge on any atom is -0.245 e. The van der Waals surface area contributed by atoms with Gasteiger partial charge in [0, 0.05) is 5.39 Å². The minimum absolute atomic E-state index is 0.126. The third-order valence-corrected chi connectivity index (χ3v) is 3.42. The Bertz CT molecular complexity index is 599. The van der Waals surface area contributed by atoms with Crippen LogP contribution < -0.4 is 0 Å². The summed E-state index contributed by atoms with van der Waals surface area (Å²) in [7, 11) is 0. The van der Waals surface area contributed by atoms with Gasteiger partial charge in [-0.15, -0.1) is 0 Å². The Labute approximate surface area is 111 Å². The molecule has 0 fully saturated rings. The van der Waals surface area contributed by atoms with E-state index in [1.807, 2.05) is 0 Å². The molecule has 0 spiro atoms. The van der Waals surface area contributed by atoms with Gasteiger partial charge in [-0.1, -0.05) is 34.8 Å². The van der Waals surface area contributed by atoms with Crippen LogP contribution in [0.1, 0.15) is 17.7 Å². The zero-order valence-corrected chi connectivity index (χ0v) is 10.8. The van der Waals surface area contributed by atoms with E-state index in [0.717, 1.165) is 11.6 Å². The highest BCUT2D eigenvalue weighted by Gasteiger charge is 2.17. The number of benzene rings is 1. The molecule has 0 aliphatic carbocycles. The number of fused-ring (bicyclic) bond motifs is 1. The molecule has 90 valence electrons. The molecular formula is C11H6Cl3F2N. The molecule has 0 unspecified atom stereocenters. The van der Waals surface area contributed by atoms with Crippen molar-refractivity contribution in [2.24, 2.45) is 0 Å².